The lowest BCUT2D eigenvalue weighted by molar-refractivity contribution is -0.124. The third-order valence-corrected chi connectivity index (χ3v) is 5.78. The van der Waals surface area contributed by atoms with Gasteiger partial charge in [0.1, 0.15) is 0 Å². The fraction of sp³-hybridized carbons (Fsp3) is 0.941. The third kappa shape index (κ3) is 4.21. The van der Waals surface area contributed by atoms with Gasteiger partial charge < -0.3 is 10.6 Å². The highest BCUT2D eigenvalue weighted by Crippen LogP contribution is 2.23. The molecular formula is C17H32N4O. The Morgan fingerprint density at radius 2 is 1.91 bits per heavy atom. The Labute approximate surface area is 134 Å². The molecule has 22 heavy (non-hydrogen) atoms. The van der Waals surface area contributed by atoms with E-state index in [-0.39, 0.29) is 5.91 Å². The van der Waals surface area contributed by atoms with Crippen LogP contribution in [0.25, 0.3) is 0 Å². The molecule has 2 heterocycles. The van der Waals surface area contributed by atoms with E-state index in [0.717, 1.165) is 51.7 Å². The molecule has 0 aromatic carbocycles. The van der Waals surface area contributed by atoms with Gasteiger partial charge in [0.15, 0.2) is 0 Å². The van der Waals surface area contributed by atoms with Crippen LogP contribution in [0.5, 0.6) is 0 Å². The van der Waals surface area contributed by atoms with Crippen LogP contribution in [-0.4, -0.2) is 73.6 Å². The van der Waals surface area contributed by atoms with Crippen molar-refractivity contribution in [2.75, 3.05) is 45.8 Å². The molecule has 5 nitrogen and oxygen atoms in total. The fourth-order valence-corrected chi connectivity index (χ4v) is 4.22. The summed E-state index contributed by atoms with van der Waals surface area (Å²) in [6.07, 6.45) is 6.30. The summed E-state index contributed by atoms with van der Waals surface area (Å²) in [6, 6.07) is 1.13. The van der Waals surface area contributed by atoms with E-state index in [1.54, 1.807) is 0 Å². The van der Waals surface area contributed by atoms with E-state index < -0.39 is 0 Å². The van der Waals surface area contributed by atoms with Gasteiger partial charge in [0.2, 0.25) is 5.91 Å². The Balaban J connectivity index is 1.37. The first-order valence-corrected chi connectivity index (χ1v) is 9.19. The largest absolute Gasteiger partial charge is 0.352 e. The Morgan fingerprint density at radius 3 is 2.59 bits per heavy atom. The van der Waals surface area contributed by atoms with Gasteiger partial charge in [-0.25, -0.2) is 0 Å². The minimum atomic E-state index is 0.231. The van der Waals surface area contributed by atoms with Gasteiger partial charge in [0.25, 0.3) is 0 Å². The Bertz CT molecular complexity index is 362. The number of nitrogens with zero attached hydrogens (tertiary/aromatic N) is 2. The number of hydrogen-bond acceptors (Lipinski definition) is 4. The highest BCUT2D eigenvalue weighted by Gasteiger charge is 2.27. The van der Waals surface area contributed by atoms with Crippen LogP contribution in [0.3, 0.4) is 0 Å². The molecule has 0 aromatic rings. The Kier molecular flexibility index (Phi) is 5.71. The van der Waals surface area contributed by atoms with Crippen molar-refractivity contribution in [2.45, 2.75) is 51.1 Å². The van der Waals surface area contributed by atoms with Gasteiger partial charge in [0, 0.05) is 44.8 Å². The van der Waals surface area contributed by atoms with Gasteiger partial charge in [0.05, 0.1) is 6.54 Å². The minimum Gasteiger partial charge on any atom is -0.352 e. The summed E-state index contributed by atoms with van der Waals surface area (Å²) in [7, 11) is 0. The van der Waals surface area contributed by atoms with Crippen LogP contribution in [0.15, 0.2) is 0 Å². The maximum atomic E-state index is 12.3. The molecule has 126 valence electrons. The number of nitrogens with one attached hydrogen (secondary N) is 2. The lowest BCUT2D eigenvalue weighted by Gasteiger charge is -2.38. The molecular weight excluding hydrogens is 276 g/mol. The fourth-order valence-electron chi connectivity index (χ4n) is 4.22. The first kappa shape index (κ1) is 16.2. The maximum absolute atomic E-state index is 12.3. The molecule has 3 atom stereocenters. The minimum absolute atomic E-state index is 0.231. The van der Waals surface area contributed by atoms with Crippen LogP contribution in [0.1, 0.15) is 39.0 Å². The molecule has 0 radical (unpaired) electrons. The molecule has 3 fully saturated rings. The highest BCUT2D eigenvalue weighted by atomic mass is 16.2. The molecule has 0 bridgehead atoms. The number of carbonyl (C=O) groups is 1. The number of hydrogen-bond donors (Lipinski definition) is 2. The van der Waals surface area contributed by atoms with Gasteiger partial charge in [-0.05, 0) is 31.7 Å². The number of carbonyl (C=O) groups excluding carboxylic acids is 1. The number of rotatable bonds is 4. The molecule has 3 aliphatic rings. The molecule has 5 heteroatoms. The summed E-state index contributed by atoms with van der Waals surface area (Å²) in [5, 5.41) is 6.72. The average Bonchev–Trinajstić information content (AvgIpc) is 3.05. The van der Waals surface area contributed by atoms with Crippen molar-refractivity contribution < 1.29 is 4.79 Å². The lowest BCUT2D eigenvalue weighted by Crippen LogP contribution is -2.53. The van der Waals surface area contributed by atoms with Crippen LogP contribution >= 0.6 is 0 Å². The van der Waals surface area contributed by atoms with Gasteiger partial charge in [-0.1, -0.05) is 19.8 Å². The van der Waals surface area contributed by atoms with E-state index in [4.69, 9.17) is 0 Å². The number of piperazine rings is 1. The van der Waals surface area contributed by atoms with Gasteiger partial charge in [-0.3, -0.25) is 14.6 Å². The lowest BCUT2D eigenvalue weighted by atomic mass is 9.86. The zero-order valence-electron chi connectivity index (χ0n) is 14.0. The van der Waals surface area contributed by atoms with Crippen LogP contribution in [0, 0.1) is 5.92 Å². The van der Waals surface area contributed by atoms with Crippen LogP contribution < -0.4 is 10.6 Å². The SMILES string of the molecule is CC1CCCCC1NC(=O)CN1CCN(C2CCNC2)CC1. The molecule has 2 aliphatic heterocycles. The standard InChI is InChI=1S/C17H32N4O/c1-14-4-2-3-5-16(14)19-17(22)13-20-8-10-21(11-9-20)15-6-7-18-12-15/h14-16,18H,2-13H2,1H3,(H,19,22). The van der Waals surface area contributed by atoms with Crippen LogP contribution in [-0.2, 0) is 4.79 Å². The van der Waals surface area contributed by atoms with Crippen molar-refractivity contribution >= 4 is 5.91 Å². The van der Waals surface area contributed by atoms with E-state index in [1.165, 1.54) is 25.7 Å². The molecule has 3 unspecified atom stereocenters. The molecule has 1 saturated carbocycles. The van der Waals surface area contributed by atoms with Gasteiger partial charge in [-0.15, -0.1) is 0 Å². The normalized spacial score (nSPS) is 34.7. The predicted octanol–water partition coefficient (Wildman–Crippen LogP) is 0.661. The second-order valence-corrected chi connectivity index (χ2v) is 7.39. The summed E-state index contributed by atoms with van der Waals surface area (Å²) in [5.74, 6) is 0.874. The van der Waals surface area contributed by atoms with Crippen molar-refractivity contribution in [2.24, 2.45) is 5.92 Å². The quantitative estimate of drug-likeness (QED) is 0.801. The summed E-state index contributed by atoms with van der Waals surface area (Å²) in [5.41, 5.74) is 0. The zero-order valence-corrected chi connectivity index (χ0v) is 14.0. The maximum Gasteiger partial charge on any atom is 0.234 e. The van der Waals surface area contributed by atoms with E-state index in [1.807, 2.05) is 0 Å². The molecule has 2 saturated heterocycles. The summed E-state index contributed by atoms with van der Waals surface area (Å²) >= 11 is 0. The van der Waals surface area contributed by atoms with Crippen molar-refractivity contribution in [3.8, 4) is 0 Å². The van der Waals surface area contributed by atoms with E-state index in [2.05, 4.69) is 27.4 Å². The van der Waals surface area contributed by atoms with E-state index in [9.17, 15) is 4.79 Å². The molecule has 2 N–H and O–H groups in total. The van der Waals surface area contributed by atoms with Crippen LogP contribution in [0.2, 0.25) is 0 Å². The first-order valence-electron chi connectivity index (χ1n) is 9.19. The third-order valence-electron chi connectivity index (χ3n) is 5.78. The van der Waals surface area contributed by atoms with Gasteiger partial charge >= 0.3 is 0 Å². The van der Waals surface area contributed by atoms with Crippen molar-refractivity contribution in [1.29, 1.82) is 0 Å². The van der Waals surface area contributed by atoms with E-state index >= 15 is 0 Å². The zero-order chi connectivity index (χ0) is 15.4. The Hall–Kier alpha value is -0.650. The second kappa shape index (κ2) is 7.75. The Morgan fingerprint density at radius 1 is 1.14 bits per heavy atom. The summed E-state index contributed by atoms with van der Waals surface area (Å²) in [4.78, 5) is 17.2. The monoisotopic (exact) mass is 308 g/mol. The first-order chi connectivity index (χ1) is 10.7. The molecule has 3 rings (SSSR count). The van der Waals surface area contributed by atoms with Crippen molar-refractivity contribution in [3.05, 3.63) is 0 Å². The predicted molar refractivity (Wildman–Crippen MR) is 88.9 cm³/mol. The summed E-state index contributed by atoms with van der Waals surface area (Å²) in [6.45, 7) is 9.44. The second-order valence-electron chi connectivity index (χ2n) is 7.39. The molecule has 0 spiro atoms. The smallest absolute Gasteiger partial charge is 0.234 e. The number of amides is 1. The van der Waals surface area contributed by atoms with Crippen molar-refractivity contribution in [1.82, 2.24) is 20.4 Å². The molecule has 1 aliphatic carbocycles. The molecule has 0 aromatic heterocycles. The molecule has 1 amide bonds. The van der Waals surface area contributed by atoms with Gasteiger partial charge in [-0.2, -0.15) is 0 Å². The topological polar surface area (TPSA) is 47.6 Å². The summed E-state index contributed by atoms with van der Waals surface area (Å²) < 4.78 is 0. The van der Waals surface area contributed by atoms with E-state index in [0.29, 0.717) is 18.5 Å². The van der Waals surface area contributed by atoms with Crippen LogP contribution in [0.4, 0.5) is 0 Å². The highest BCUT2D eigenvalue weighted by molar-refractivity contribution is 5.78. The van der Waals surface area contributed by atoms with Crippen molar-refractivity contribution in [3.63, 3.8) is 0 Å². The average molecular weight is 308 g/mol.